The molecule has 2 N–H and O–H groups in total. The van der Waals surface area contributed by atoms with Crippen molar-refractivity contribution in [2.45, 2.75) is 36.8 Å². The molecule has 0 spiro atoms. The van der Waals surface area contributed by atoms with Gasteiger partial charge in [-0.3, -0.25) is 0 Å². The quantitative estimate of drug-likeness (QED) is 0.687. The fourth-order valence-electron chi connectivity index (χ4n) is 1.39. The van der Waals surface area contributed by atoms with Crippen molar-refractivity contribution in [2.24, 2.45) is 0 Å². The molecule has 1 aromatic carbocycles. The topological polar surface area (TPSA) is 64.9 Å². The highest BCUT2D eigenvalue weighted by Crippen LogP contribution is 2.31. The highest BCUT2D eigenvalue weighted by Gasteiger charge is 2.20. The maximum Gasteiger partial charge on any atom is 0.237 e. The number of hydrogen-bond donors (Lipinski definition) is 1. The summed E-state index contributed by atoms with van der Waals surface area (Å²) in [5, 5.41) is 4.62. The van der Waals surface area contributed by atoms with Gasteiger partial charge < -0.3 is 10.3 Å². The summed E-state index contributed by atoms with van der Waals surface area (Å²) in [6, 6.07) is 5.45. The first-order chi connectivity index (χ1) is 8.86. The van der Waals surface area contributed by atoms with Crippen LogP contribution in [0.3, 0.4) is 0 Å². The van der Waals surface area contributed by atoms with E-state index in [0.717, 1.165) is 4.90 Å². The third-order valence-electron chi connectivity index (χ3n) is 2.45. The summed E-state index contributed by atoms with van der Waals surface area (Å²) in [6.45, 7) is 6.14. The molecule has 0 aliphatic heterocycles. The molecule has 1 aromatic heterocycles. The van der Waals surface area contributed by atoms with Gasteiger partial charge in [-0.2, -0.15) is 4.98 Å². The van der Waals surface area contributed by atoms with E-state index in [1.165, 1.54) is 0 Å². The molecule has 4 nitrogen and oxygen atoms in total. The molecule has 0 aliphatic rings. The Morgan fingerprint density at radius 1 is 1.37 bits per heavy atom. The van der Waals surface area contributed by atoms with Gasteiger partial charge in [-0.05, 0) is 18.2 Å². The van der Waals surface area contributed by atoms with E-state index in [1.807, 2.05) is 32.9 Å². The van der Waals surface area contributed by atoms with Crippen LogP contribution in [0.5, 0.6) is 0 Å². The molecule has 0 bridgehead atoms. The highest BCUT2D eigenvalue weighted by atomic mass is 35.5. The third-order valence-corrected chi connectivity index (χ3v) is 3.93. The maximum atomic E-state index is 6.11. The van der Waals surface area contributed by atoms with Crippen LogP contribution in [-0.2, 0) is 11.2 Å². The van der Waals surface area contributed by atoms with Gasteiger partial charge in [-0.25, -0.2) is 0 Å². The normalized spacial score (nSPS) is 11.8. The lowest BCUT2D eigenvalue weighted by Gasteiger charge is -2.10. The summed E-state index contributed by atoms with van der Waals surface area (Å²) in [5.41, 5.74) is 6.20. The summed E-state index contributed by atoms with van der Waals surface area (Å²) in [4.78, 5) is 5.33. The number of anilines is 1. The number of aromatic nitrogens is 2. The SMILES string of the molecule is CC(C)(C)c1noc(CSc2ccc(N)cc2Cl)n1. The Bertz CT molecular complexity index is 578. The number of halogens is 1. The predicted molar refractivity (Wildman–Crippen MR) is 78.4 cm³/mol. The Hall–Kier alpha value is -1.20. The van der Waals surface area contributed by atoms with Gasteiger partial charge in [0.1, 0.15) is 0 Å². The molecule has 0 unspecified atom stereocenters. The summed E-state index contributed by atoms with van der Waals surface area (Å²) >= 11 is 7.66. The summed E-state index contributed by atoms with van der Waals surface area (Å²) in [6.07, 6.45) is 0. The van der Waals surface area contributed by atoms with E-state index in [2.05, 4.69) is 10.1 Å². The van der Waals surface area contributed by atoms with Crippen LogP contribution >= 0.6 is 23.4 Å². The standard InChI is InChI=1S/C13H16ClN3OS/c1-13(2,3)12-16-11(18-17-12)7-19-10-5-4-8(15)6-9(10)14/h4-6H,7,15H2,1-3H3. The number of benzene rings is 1. The minimum Gasteiger partial charge on any atom is -0.399 e. The number of rotatable bonds is 3. The molecule has 2 rings (SSSR count). The zero-order valence-electron chi connectivity index (χ0n) is 11.1. The van der Waals surface area contributed by atoms with Gasteiger partial charge >= 0.3 is 0 Å². The molecular formula is C13H16ClN3OS. The van der Waals surface area contributed by atoms with Crippen molar-refractivity contribution in [1.82, 2.24) is 10.1 Å². The first kappa shape index (κ1) is 14.2. The monoisotopic (exact) mass is 297 g/mol. The molecular weight excluding hydrogens is 282 g/mol. The second kappa shape index (κ2) is 5.43. The lowest BCUT2D eigenvalue weighted by Crippen LogP contribution is -2.13. The molecule has 0 aliphatic carbocycles. The van der Waals surface area contributed by atoms with Crippen LogP contribution in [0.4, 0.5) is 5.69 Å². The molecule has 0 fully saturated rings. The fraction of sp³-hybridized carbons (Fsp3) is 0.385. The van der Waals surface area contributed by atoms with Gasteiger partial charge in [0.15, 0.2) is 5.82 Å². The third kappa shape index (κ3) is 3.64. The van der Waals surface area contributed by atoms with Crippen molar-refractivity contribution in [3.63, 3.8) is 0 Å². The van der Waals surface area contributed by atoms with Crippen LogP contribution in [0.15, 0.2) is 27.6 Å². The molecule has 0 saturated carbocycles. The van der Waals surface area contributed by atoms with Gasteiger partial charge in [-0.15, -0.1) is 11.8 Å². The Labute approximate surface area is 121 Å². The summed E-state index contributed by atoms with van der Waals surface area (Å²) in [7, 11) is 0. The van der Waals surface area contributed by atoms with Gasteiger partial charge in [0.25, 0.3) is 0 Å². The number of nitrogen functional groups attached to an aromatic ring is 1. The molecule has 102 valence electrons. The minimum atomic E-state index is -0.106. The van der Waals surface area contributed by atoms with E-state index in [9.17, 15) is 0 Å². The summed E-state index contributed by atoms with van der Waals surface area (Å²) < 4.78 is 5.23. The van der Waals surface area contributed by atoms with Crippen LogP contribution in [0.25, 0.3) is 0 Å². The Kier molecular flexibility index (Phi) is 4.06. The van der Waals surface area contributed by atoms with Gasteiger partial charge in [0.05, 0.1) is 10.8 Å². The van der Waals surface area contributed by atoms with Crippen molar-refractivity contribution >= 4 is 29.1 Å². The van der Waals surface area contributed by atoms with E-state index in [1.54, 1.807) is 17.8 Å². The van der Waals surface area contributed by atoms with E-state index in [-0.39, 0.29) is 5.41 Å². The number of nitrogens with zero attached hydrogens (tertiary/aromatic N) is 2. The minimum absolute atomic E-state index is 0.106. The molecule has 19 heavy (non-hydrogen) atoms. The van der Waals surface area contributed by atoms with E-state index < -0.39 is 0 Å². The molecule has 6 heteroatoms. The number of hydrogen-bond acceptors (Lipinski definition) is 5. The first-order valence-electron chi connectivity index (χ1n) is 5.87. The molecule has 0 amide bonds. The molecule has 0 saturated heterocycles. The lowest BCUT2D eigenvalue weighted by atomic mass is 9.96. The Morgan fingerprint density at radius 3 is 2.68 bits per heavy atom. The lowest BCUT2D eigenvalue weighted by molar-refractivity contribution is 0.373. The zero-order chi connectivity index (χ0) is 14.0. The number of nitrogens with two attached hydrogens (primary N) is 1. The average molecular weight is 298 g/mol. The summed E-state index contributed by atoms with van der Waals surface area (Å²) in [5.74, 6) is 1.90. The van der Waals surface area contributed by atoms with Crippen molar-refractivity contribution in [3.8, 4) is 0 Å². The van der Waals surface area contributed by atoms with Crippen LogP contribution in [0, 0.1) is 0 Å². The fourth-order valence-corrected chi connectivity index (χ4v) is 2.50. The van der Waals surface area contributed by atoms with Gasteiger partial charge in [0, 0.05) is 16.0 Å². The second-order valence-electron chi connectivity index (χ2n) is 5.24. The van der Waals surface area contributed by atoms with Gasteiger partial charge in [-0.1, -0.05) is 37.5 Å². The van der Waals surface area contributed by atoms with Crippen molar-refractivity contribution in [3.05, 3.63) is 34.9 Å². The Balaban J connectivity index is 2.04. The molecule has 1 heterocycles. The molecule has 2 aromatic rings. The van der Waals surface area contributed by atoms with Crippen LogP contribution < -0.4 is 5.73 Å². The largest absolute Gasteiger partial charge is 0.399 e. The van der Waals surface area contributed by atoms with Crippen LogP contribution in [0.2, 0.25) is 5.02 Å². The van der Waals surface area contributed by atoms with Crippen LogP contribution in [0.1, 0.15) is 32.5 Å². The predicted octanol–water partition coefficient (Wildman–Crippen LogP) is 3.90. The van der Waals surface area contributed by atoms with Crippen molar-refractivity contribution in [1.29, 1.82) is 0 Å². The molecule has 0 radical (unpaired) electrons. The maximum absolute atomic E-state index is 6.11. The zero-order valence-corrected chi connectivity index (χ0v) is 12.7. The van der Waals surface area contributed by atoms with E-state index in [4.69, 9.17) is 21.9 Å². The van der Waals surface area contributed by atoms with Crippen molar-refractivity contribution < 1.29 is 4.52 Å². The van der Waals surface area contributed by atoms with Crippen LogP contribution in [-0.4, -0.2) is 10.1 Å². The highest BCUT2D eigenvalue weighted by molar-refractivity contribution is 7.98. The first-order valence-corrected chi connectivity index (χ1v) is 7.23. The van der Waals surface area contributed by atoms with E-state index in [0.29, 0.717) is 28.2 Å². The smallest absolute Gasteiger partial charge is 0.237 e. The Morgan fingerprint density at radius 2 is 2.11 bits per heavy atom. The van der Waals surface area contributed by atoms with Gasteiger partial charge in [0.2, 0.25) is 5.89 Å². The average Bonchev–Trinajstić information content (AvgIpc) is 2.76. The van der Waals surface area contributed by atoms with E-state index >= 15 is 0 Å². The van der Waals surface area contributed by atoms with Crippen molar-refractivity contribution in [2.75, 3.05) is 5.73 Å². The second-order valence-corrected chi connectivity index (χ2v) is 6.66. The molecule has 0 atom stereocenters. The number of thioether (sulfide) groups is 1.